The van der Waals surface area contributed by atoms with Crippen molar-refractivity contribution in [3.05, 3.63) is 28.8 Å². The SMILES string of the molecule is CC1CN(C(=O)c2cc(O)ccc2Cl)CCC1Cl. The van der Waals surface area contributed by atoms with Crippen LogP contribution in [0.3, 0.4) is 0 Å². The second-order valence-corrected chi connectivity index (χ2v) is 5.67. The topological polar surface area (TPSA) is 40.5 Å². The number of amides is 1. The Labute approximate surface area is 116 Å². The maximum atomic E-state index is 12.3. The van der Waals surface area contributed by atoms with Crippen molar-refractivity contribution in [2.45, 2.75) is 18.7 Å². The molecular weight excluding hydrogens is 273 g/mol. The van der Waals surface area contributed by atoms with Gasteiger partial charge in [0.05, 0.1) is 10.6 Å². The third kappa shape index (κ3) is 2.73. The molecule has 1 heterocycles. The standard InChI is InChI=1S/C13H15Cl2NO2/c1-8-7-16(5-4-11(8)14)13(18)10-6-9(17)2-3-12(10)15/h2-3,6,8,11,17H,4-5,7H2,1H3. The second-order valence-electron chi connectivity index (χ2n) is 4.70. The van der Waals surface area contributed by atoms with Crippen LogP contribution in [-0.4, -0.2) is 34.4 Å². The first-order chi connectivity index (χ1) is 8.49. The first-order valence-corrected chi connectivity index (χ1v) is 6.72. The number of phenolic OH excluding ortho intramolecular Hbond substituents is 1. The first-order valence-electron chi connectivity index (χ1n) is 5.91. The van der Waals surface area contributed by atoms with Gasteiger partial charge in [-0.2, -0.15) is 0 Å². The van der Waals surface area contributed by atoms with Crippen LogP contribution in [0.1, 0.15) is 23.7 Å². The van der Waals surface area contributed by atoms with Gasteiger partial charge in [-0.05, 0) is 30.5 Å². The number of nitrogens with zero attached hydrogens (tertiary/aromatic N) is 1. The Balaban J connectivity index is 2.19. The van der Waals surface area contributed by atoms with E-state index < -0.39 is 0 Å². The highest BCUT2D eigenvalue weighted by molar-refractivity contribution is 6.33. The number of carbonyl (C=O) groups is 1. The summed E-state index contributed by atoms with van der Waals surface area (Å²) in [4.78, 5) is 14.1. The molecule has 2 rings (SSSR count). The van der Waals surface area contributed by atoms with E-state index >= 15 is 0 Å². The Morgan fingerprint density at radius 3 is 2.89 bits per heavy atom. The smallest absolute Gasteiger partial charge is 0.255 e. The summed E-state index contributed by atoms with van der Waals surface area (Å²) in [6.07, 6.45) is 0.783. The van der Waals surface area contributed by atoms with Crippen molar-refractivity contribution in [1.82, 2.24) is 4.90 Å². The summed E-state index contributed by atoms with van der Waals surface area (Å²) < 4.78 is 0. The summed E-state index contributed by atoms with van der Waals surface area (Å²) in [5.74, 6) is 0.162. The Kier molecular flexibility index (Phi) is 4.03. The Hall–Kier alpha value is -0.930. The van der Waals surface area contributed by atoms with Crippen molar-refractivity contribution < 1.29 is 9.90 Å². The van der Waals surface area contributed by atoms with Gasteiger partial charge in [0.15, 0.2) is 0 Å². The van der Waals surface area contributed by atoms with Gasteiger partial charge >= 0.3 is 0 Å². The summed E-state index contributed by atoms with van der Waals surface area (Å²) in [6, 6.07) is 4.40. The number of alkyl halides is 1. The van der Waals surface area contributed by atoms with Crippen molar-refractivity contribution in [3.8, 4) is 5.75 Å². The Bertz CT molecular complexity index is 464. The molecule has 1 fully saturated rings. The molecule has 5 heteroatoms. The van der Waals surface area contributed by atoms with Crippen molar-refractivity contribution >= 4 is 29.1 Å². The summed E-state index contributed by atoms with van der Waals surface area (Å²) in [5, 5.41) is 9.91. The molecule has 0 bridgehead atoms. The highest BCUT2D eigenvalue weighted by Crippen LogP contribution is 2.26. The Morgan fingerprint density at radius 1 is 1.50 bits per heavy atom. The van der Waals surface area contributed by atoms with E-state index in [2.05, 4.69) is 0 Å². The quantitative estimate of drug-likeness (QED) is 0.806. The van der Waals surface area contributed by atoms with E-state index in [9.17, 15) is 9.90 Å². The third-order valence-electron chi connectivity index (χ3n) is 3.27. The van der Waals surface area contributed by atoms with Crippen LogP contribution in [-0.2, 0) is 0 Å². The lowest BCUT2D eigenvalue weighted by Crippen LogP contribution is -2.43. The monoisotopic (exact) mass is 287 g/mol. The minimum atomic E-state index is -0.147. The summed E-state index contributed by atoms with van der Waals surface area (Å²) in [6.45, 7) is 3.28. The molecule has 1 amide bonds. The zero-order valence-electron chi connectivity index (χ0n) is 10.1. The molecule has 0 aromatic heterocycles. The van der Waals surface area contributed by atoms with Gasteiger partial charge in [0.1, 0.15) is 5.75 Å². The second kappa shape index (κ2) is 5.37. The number of hydrogen-bond donors (Lipinski definition) is 1. The van der Waals surface area contributed by atoms with Gasteiger partial charge in [0, 0.05) is 18.5 Å². The van der Waals surface area contributed by atoms with E-state index in [0.29, 0.717) is 23.7 Å². The molecule has 0 spiro atoms. The molecule has 1 N–H and O–H groups in total. The van der Waals surface area contributed by atoms with Crippen molar-refractivity contribution in [3.63, 3.8) is 0 Å². The Morgan fingerprint density at radius 2 is 2.22 bits per heavy atom. The van der Waals surface area contributed by atoms with Crippen LogP contribution in [0.25, 0.3) is 0 Å². The number of hydrogen-bond acceptors (Lipinski definition) is 2. The predicted molar refractivity (Wildman–Crippen MR) is 72.4 cm³/mol. The van der Waals surface area contributed by atoms with E-state index in [1.54, 1.807) is 4.90 Å². The maximum absolute atomic E-state index is 12.3. The molecule has 0 saturated carbocycles. The largest absolute Gasteiger partial charge is 0.508 e. The molecule has 0 aliphatic carbocycles. The molecule has 1 aliphatic rings. The van der Waals surface area contributed by atoms with Crippen molar-refractivity contribution in [2.75, 3.05) is 13.1 Å². The zero-order valence-corrected chi connectivity index (χ0v) is 11.6. The normalized spacial score (nSPS) is 24.1. The van der Waals surface area contributed by atoms with Gasteiger partial charge < -0.3 is 10.0 Å². The minimum absolute atomic E-state index is 0.0445. The summed E-state index contributed by atoms with van der Waals surface area (Å²) in [5.41, 5.74) is 0.344. The fourth-order valence-corrected chi connectivity index (χ4v) is 2.52. The number of benzene rings is 1. The number of rotatable bonds is 1. The van der Waals surface area contributed by atoms with Crippen molar-refractivity contribution in [2.24, 2.45) is 5.92 Å². The number of phenols is 1. The highest BCUT2D eigenvalue weighted by atomic mass is 35.5. The molecular formula is C13H15Cl2NO2. The average Bonchev–Trinajstić information content (AvgIpc) is 2.35. The van der Waals surface area contributed by atoms with E-state index in [4.69, 9.17) is 23.2 Å². The number of carbonyl (C=O) groups excluding carboxylic acids is 1. The lowest BCUT2D eigenvalue weighted by atomic mass is 9.99. The number of piperidine rings is 1. The number of aromatic hydroxyl groups is 1. The lowest BCUT2D eigenvalue weighted by molar-refractivity contribution is 0.0686. The van der Waals surface area contributed by atoms with E-state index in [0.717, 1.165) is 6.42 Å². The van der Waals surface area contributed by atoms with Crippen LogP contribution >= 0.6 is 23.2 Å². The fourth-order valence-electron chi connectivity index (χ4n) is 2.15. The summed E-state index contributed by atoms with van der Waals surface area (Å²) in [7, 11) is 0. The van der Waals surface area contributed by atoms with Gasteiger partial charge in [0.2, 0.25) is 0 Å². The van der Waals surface area contributed by atoms with Crippen LogP contribution in [0, 0.1) is 5.92 Å². The number of halogens is 2. The average molecular weight is 288 g/mol. The molecule has 1 aromatic carbocycles. The molecule has 98 valence electrons. The maximum Gasteiger partial charge on any atom is 0.255 e. The molecule has 2 unspecified atom stereocenters. The first kappa shape index (κ1) is 13.5. The predicted octanol–water partition coefficient (Wildman–Crippen LogP) is 3.14. The van der Waals surface area contributed by atoms with Crippen LogP contribution in [0.15, 0.2) is 18.2 Å². The number of likely N-dealkylation sites (tertiary alicyclic amines) is 1. The molecule has 3 nitrogen and oxygen atoms in total. The van der Waals surface area contributed by atoms with Crippen LogP contribution < -0.4 is 0 Å². The van der Waals surface area contributed by atoms with Gasteiger partial charge in [-0.3, -0.25) is 4.79 Å². The van der Waals surface area contributed by atoms with E-state index in [1.165, 1.54) is 18.2 Å². The molecule has 1 saturated heterocycles. The molecule has 0 radical (unpaired) electrons. The van der Waals surface area contributed by atoms with Gasteiger partial charge in [0.25, 0.3) is 5.91 Å². The fraction of sp³-hybridized carbons (Fsp3) is 0.462. The van der Waals surface area contributed by atoms with Gasteiger partial charge in [-0.25, -0.2) is 0 Å². The summed E-state index contributed by atoms with van der Waals surface area (Å²) >= 11 is 12.1. The highest BCUT2D eigenvalue weighted by Gasteiger charge is 2.28. The lowest BCUT2D eigenvalue weighted by Gasteiger charge is -2.34. The van der Waals surface area contributed by atoms with E-state index in [1.807, 2.05) is 6.92 Å². The molecule has 1 aromatic rings. The van der Waals surface area contributed by atoms with Gasteiger partial charge in [-0.15, -0.1) is 11.6 Å². The van der Waals surface area contributed by atoms with Crippen LogP contribution in [0.2, 0.25) is 5.02 Å². The van der Waals surface area contributed by atoms with Gasteiger partial charge in [-0.1, -0.05) is 18.5 Å². The molecule has 18 heavy (non-hydrogen) atoms. The molecule has 2 atom stereocenters. The zero-order chi connectivity index (χ0) is 13.3. The third-order valence-corrected chi connectivity index (χ3v) is 4.25. The van der Waals surface area contributed by atoms with E-state index in [-0.39, 0.29) is 23.0 Å². The minimum Gasteiger partial charge on any atom is -0.508 e. The van der Waals surface area contributed by atoms with Crippen molar-refractivity contribution in [1.29, 1.82) is 0 Å². The van der Waals surface area contributed by atoms with Crippen LogP contribution in [0.5, 0.6) is 5.75 Å². The van der Waals surface area contributed by atoms with Crippen LogP contribution in [0.4, 0.5) is 0 Å². The molecule has 1 aliphatic heterocycles.